The zero-order valence-electron chi connectivity index (χ0n) is 16.3. The molecule has 1 aliphatic rings. The second-order valence-electron chi connectivity index (χ2n) is 6.92. The van der Waals surface area contributed by atoms with Crippen LogP contribution in [0.5, 0.6) is 0 Å². The summed E-state index contributed by atoms with van der Waals surface area (Å²) in [5.74, 6) is -0.335. The van der Waals surface area contributed by atoms with E-state index >= 15 is 0 Å². The average molecular weight is 404 g/mol. The Bertz CT molecular complexity index is 843. The van der Waals surface area contributed by atoms with Gasteiger partial charge in [-0.25, -0.2) is 0 Å². The fourth-order valence-electron chi connectivity index (χ4n) is 3.35. The van der Waals surface area contributed by atoms with Gasteiger partial charge in [0.1, 0.15) is 5.69 Å². The minimum atomic E-state index is -0.270. The normalized spacial score (nSPS) is 14.9. The first-order valence-corrected chi connectivity index (χ1v) is 9.92. The Morgan fingerprint density at radius 1 is 1.18 bits per heavy atom. The van der Waals surface area contributed by atoms with Crippen LogP contribution >= 0.6 is 11.6 Å². The van der Waals surface area contributed by atoms with E-state index in [4.69, 9.17) is 11.6 Å². The van der Waals surface area contributed by atoms with Crippen LogP contribution in [0.1, 0.15) is 28.7 Å². The van der Waals surface area contributed by atoms with E-state index in [9.17, 15) is 9.59 Å². The number of nitrogens with one attached hydrogen (secondary N) is 1. The maximum absolute atomic E-state index is 12.5. The van der Waals surface area contributed by atoms with Crippen LogP contribution in [0.25, 0.3) is 0 Å². The first-order valence-electron chi connectivity index (χ1n) is 9.54. The van der Waals surface area contributed by atoms with Crippen LogP contribution in [0.3, 0.4) is 0 Å². The number of amides is 2. The molecular weight excluding hydrogens is 378 g/mol. The molecule has 0 saturated carbocycles. The largest absolute Gasteiger partial charge is 0.342 e. The molecule has 0 unspecified atom stereocenters. The lowest BCUT2D eigenvalue weighted by Crippen LogP contribution is -2.50. The number of aryl methyl sites for hydroxylation is 2. The zero-order chi connectivity index (χ0) is 20.1. The summed E-state index contributed by atoms with van der Waals surface area (Å²) in [6.07, 6.45) is 0. The maximum atomic E-state index is 12.5. The molecule has 0 spiro atoms. The Balaban J connectivity index is 1.46. The lowest BCUT2D eigenvalue weighted by atomic mass is 10.2. The van der Waals surface area contributed by atoms with Gasteiger partial charge in [-0.1, -0.05) is 29.8 Å². The van der Waals surface area contributed by atoms with Crippen molar-refractivity contribution in [2.75, 3.05) is 32.7 Å². The molecule has 0 aliphatic carbocycles. The zero-order valence-corrected chi connectivity index (χ0v) is 17.1. The van der Waals surface area contributed by atoms with E-state index in [1.807, 2.05) is 38.1 Å². The summed E-state index contributed by atoms with van der Waals surface area (Å²) in [6.45, 7) is 8.01. The molecule has 2 heterocycles. The molecule has 0 bridgehead atoms. The Kier molecular flexibility index (Phi) is 6.70. The number of rotatable bonds is 6. The number of hydrogen-bond acceptors (Lipinski definition) is 4. The van der Waals surface area contributed by atoms with E-state index in [1.165, 1.54) is 0 Å². The molecule has 8 heteroatoms. The summed E-state index contributed by atoms with van der Waals surface area (Å²) in [4.78, 5) is 28.9. The predicted octanol–water partition coefficient (Wildman–Crippen LogP) is 1.94. The van der Waals surface area contributed by atoms with Gasteiger partial charge in [0.2, 0.25) is 5.91 Å². The second-order valence-corrected chi connectivity index (χ2v) is 7.32. The van der Waals surface area contributed by atoms with Gasteiger partial charge in [-0.3, -0.25) is 19.2 Å². The summed E-state index contributed by atoms with van der Waals surface area (Å²) in [5, 5.41) is 7.75. The highest BCUT2D eigenvalue weighted by molar-refractivity contribution is 6.31. The smallest absolute Gasteiger partial charge is 0.269 e. The molecule has 0 atom stereocenters. The molecule has 1 aromatic heterocycles. The van der Waals surface area contributed by atoms with Crippen LogP contribution in [-0.2, 0) is 17.9 Å². The van der Waals surface area contributed by atoms with Gasteiger partial charge in [0.05, 0.1) is 12.2 Å². The summed E-state index contributed by atoms with van der Waals surface area (Å²) in [6, 6.07) is 9.56. The third-order valence-electron chi connectivity index (χ3n) is 4.91. The lowest BCUT2D eigenvalue weighted by molar-refractivity contribution is -0.131. The summed E-state index contributed by atoms with van der Waals surface area (Å²) in [5.41, 5.74) is 2.37. The van der Waals surface area contributed by atoms with Crippen molar-refractivity contribution in [1.29, 1.82) is 0 Å². The summed E-state index contributed by atoms with van der Waals surface area (Å²) < 4.78 is 1.64. The van der Waals surface area contributed by atoms with Gasteiger partial charge < -0.3 is 10.2 Å². The molecule has 2 aromatic rings. The number of carbonyl (C=O) groups excluding carboxylic acids is 2. The Labute approximate surface area is 170 Å². The minimum absolute atomic E-state index is 0.00269. The fourth-order valence-corrected chi connectivity index (χ4v) is 3.55. The molecule has 1 N–H and O–H groups in total. The van der Waals surface area contributed by atoms with Crippen molar-refractivity contribution in [3.05, 3.63) is 52.3 Å². The number of carbonyl (C=O) groups is 2. The third kappa shape index (κ3) is 4.91. The van der Waals surface area contributed by atoms with E-state index in [0.717, 1.165) is 35.9 Å². The predicted molar refractivity (Wildman–Crippen MR) is 108 cm³/mol. The number of benzene rings is 1. The Hall–Kier alpha value is -2.38. The molecule has 3 rings (SSSR count). The summed E-state index contributed by atoms with van der Waals surface area (Å²) in [7, 11) is 0. The van der Waals surface area contributed by atoms with E-state index < -0.39 is 0 Å². The van der Waals surface area contributed by atoms with Crippen molar-refractivity contribution in [2.24, 2.45) is 0 Å². The number of aromatic nitrogens is 2. The molecule has 28 heavy (non-hydrogen) atoms. The van der Waals surface area contributed by atoms with Crippen LogP contribution in [-0.4, -0.2) is 64.1 Å². The van der Waals surface area contributed by atoms with E-state index in [-0.39, 0.29) is 18.4 Å². The van der Waals surface area contributed by atoms with Crippen molar-refractivity contribution < 1.29 is 9.59 Å². The highest BCUT2D eigenvalue weighted by Crippen LogP contribution is 2.17. The van der Waals surface area contributed by atoms with Gasteiger partial charge in [-0.05, 0) is 31.5 Å². The fraction of sp³-hybridized carbons (Fsp3) is 0.450. The topological polar surface area (TPSA) is 70.5 Å². The first-order chi connectivity index (χ1) is 13.5. The van der Waals surface area contributed by atoms with Gasteiger partial charge in [0.15, 0.2) is 0 Å². The molecule has 1 fully saturated rings. The van der Waals surface area contributed by atoms with E-state index in [1.54, 1.807) is 15.6 Å². The maximum Gasteiger partial charge on any atom is 0.269 e. The van der Waals surface area contributed by atoms with Crippen LogP contribution in [0.15, 0.2) is 30.3 Å². The number of halogens is 1. The van der Waals surface area contributed by atoms with Crippen LogP contribution < -0.4 is 5.32 Å². The number of nitrogens with zero attached hydrogens (tertiary/aromatic N) is 4. The third-order valence-corrected chi connectivity index (χ3v) is 5.28. The molecule has 1 saturated heterocycles. The standard InChI is InChI=1S/C20H26ClN5O2/c1-3-26-18(12-15(2)23-26)20(28)22-13-19(27)25-10-8-24(9-11-25)14-16-6-4-5-7-17(16)21/h4-7,12H,3,8-11,13-14H2,1-2H3,(H,22,28). The van der Waals surface area contributed by atoms with Crippen molar-refractivity contribution in [3.8, 4) is 0 Å². The second kappa shape index (κ2) is 9.21. The number of piperazine rings is 1. The van der Waals surface area contributed by atoms with E-state index in [0.29, 0.717) is 25.3 Å². The first kappa shape index (κ1) is 20.4. The quantitative estimate of drug-likeness (QED) is 0.800. The van der Waals surface area contributed by atoms with Gasteiger partial charge in [-0.2, -0.15) is 5.10 Å². The molecule has 7 nitrogen and oxygen atoms in total. The van der Waals surface area contributed by atoms with Crippen molar-refractivity contribution >= 4 is 23.4 Å². The molecule has 1 aromatic carbocycles. The van der Waals surface area contributed by atoms with Crippen molar-refractivity contribution in [1.82, 2.24) is 24.9 Å². The van der Waals surface area contributed by atoms with E-state index in [2.05, 4.69) is 15.3 Å². The number of hydrogen-bond donors (Lipinski definition) is 1. The van der Waals surface area contributed by atoms with Crippen LogP contribution in [0, 0.1) is 6.92 Å². The van der Waals surface area contributed by atoms with Crippen LogP contribution in [0.4, 0.5) is 0 Å². The molecule has 1 aliphatic heterocycles. The summed E-state index contributed by atoms with van der Waals surface area (Å²) >= 11 is 6.23. The molecule has 0 radical (unpaired) electrons. The molecule has 2 amide bonds. The van der Waals surface area contributed by atoms with Gasteiger partial charge in [-0.15, -0.1) is 0 Å². The SMILES string of the molecule is CCn1nc(C)cc1C(=O)NCC(=O)N1CCN(Cc2ccccc2Cl)CC1. The molecular formula is C20H26ClN5O2. The highest BCUT2D eigenvalue weighted by atomic mass is 35.5. The lowest BCUT2D eigenvalue weighted by Gasteiger charge is -2.35. The molecule has 150 valence electrons. The van der Waals surface area contributed by atoms with Crippen molar-refractivity contribution in [3.63, 3.8) is 0 Å². The Morgan fingerprint density at radius 3 is 2.57 bits per heavy atom. The minimum Gasteiger partial charge on any atom is -0.342 e. The van der Waals surface area contributed by atoms with Gasteiger partial charge in [0.25, 0.3) is 5.91 Å². The van der Waals surface area contributed by atoms with Crippen LogP contribution in [0.2, 0.25) is 5.02 Å². The van der Waals surface area contributed by atoms with Gasteiger partial charge >= 0.3 is 0 Å². The van der Waals surface area contributed by atoms with Gasteiger partial charge in [0, 0.05) is 44.3 Å². The van der Waals surface area contributed by atoms with Crippen molar-refractivity contribution in [2.45, 2.75) is 26.9 Å². The monoisotopic (exact) mass is 403 g/mol. The average Bonchev–Trinajstić information content (AvgIpc) is 3.09. The Morgan fingerprint density at radius 2 is 1.89 bits per heavy atom. The highest BCUT2D eigenvalue weighted by Gasteiger charge is 2.22.